The Morgan fingerprint density at radius 1 is 1.32 bits per heavy atom. The zero-order valence-corrected chi connectivity index (χ0v) is 13.6. The van der Waals surface area contributed by atoms with Crippen molar-refractivity contribution in [3.05, 3.63) is 35.9 Å². The van der Waals surface area contributed by atoms with Crippen LogP contribution in [0.15, 0.2) is 35.3 Å². The number of hydrogen-bond donors (Lipinski definition) is 1. The summed E-state index contributed by atoms with van der Waals surface area (Å²) >= 11 is 0. The van der Waals surface area contributed by atoms with Crippen molar-refractivity contribution in [3.8, 4) is 0 Å². The van der Waals surface area contributed by atoms with Crippen LogP contribution in [0.2, 0.25) is 0 Å². The third kappa shape index (κ3) is 3.35. The summed E-state index contributed by atoms with van der Waals surface area (Å²) in [5.41, 5.74) is 0.488. The van der Waals surface area contributed by atoms with Crippen LogP contribution < -0.4 is 5.32 Å². The second-order valence-electron chi connectivity index (χ2n) is 6.09. The molecule has 1 N–H and O–H groups in total. The van der Waals surface area contributed by atoms with Gasteiger partial charge in [-0.3, -0.25) is 14.6 Å². The quantitative estimate of drug-likeness (QED) is 0.904. The first-order chi connectivity index (χ1) is 10.3. The monoisotopic (exact) mass is 301 g/mol. The van der Waals surface area contributed by atoms with Gasteiger partial charge in [-0.2, -0.15) is 0 Å². The van der Waals surface area contributed by atoms with Crippen LogP contribution in [0.25, 0.3) is 0 Å². The Labute approximate surface area is 131 Å². The van der Waals surface area contributed by atoms with E-state index >= 15 is 0 Å². The van der Waals surface area contributed by atoms with Gasteiger partial charge in [-0.05, 0) is 27.2 Å². The molecule has 1 aromatic carbocycles. The highest BCUT2D eigenvalue weighted by Gasteiger charge is 2.41. The van der Waals surface area contributed by atoms with Crippen molar-refractivity contribution in [1.29, 1.82) is 0 Å². The molecule has 1 aromatic rings. The fraction of sp³-hybridized carbons (Fsp3) is 0.471. The van der Waals surface area contributed by atoms with Crippen LogP contribution in [-0.2, 0) is 9.59 Å². The van der Waals surface area contributed by atoms with Gasteiger partial charge < -0.3 is 10.2 Å². The zero-order chi connectivity index (χ0) is 16.3. The average Bonchev–Trinajstić information content (AvgIpc) is 2.71. The Hall–Kier alpha value is -2.17. The number of rotatable bonds is 5. The van der Waals surface area contributed by atoms with Crippen molar-refractivity contribution >= 4 is 17.5 Å². The van der Waals surface area contributed by atoms with Gasteiger partial charge in [0.15, 0.2) is 0 Å². The molecule has 5 heteroatoms. The molecule has 0 saturated heterocycles. The van der Waals surface area contributed by atoms with Crippen LogP contribution in [0.3, 0.4) is 0 Å². The van der Waals surface area contributed by atoms with E-state index in [4.69, 9.17) is 0 Å². The molecule has 22 heavy (non-hydrogen) atoms. The number of aliphatic imine (C=N–C) groups is 1. The molecule has 0 saturated carbocycles. The van der Waals surface area contributed by atoms with Gasteiger partial charge in [-0.25, -0.2) is 0 Å². The molecular formula is C17H23N3O2. The summed E-state index contributed by atoms with van der Waals surface area (Å²) in [4.78, 5) is 30.8. The van der Waals surface area contributed by atoms with Gasteiger partial charge in [0.05, 0.1) is 0 Å². The Bertz CT molecular complexity index is 593. The van der Waals surface area contributed by atoms with E-state index in [9.17, 15) is 9.59 Å². The molecule has 0 spiro atoms. The first-order valence-electron chi connectivity index (χ1n) is 7.61. The van der Waals surface area contributed by atoms with Gasteiger partial charge in [0.2, 0.25) is 5.91 Å². The van der Waals surface area contributed by atoms with Crippen molar-refractivity contribution in [2.24, 2.45) is 4.99 Å². The van der Waals surface area contributed by atoms with E-state index < -0.39 is 5.66 Å². The van der Waals surface area contributed by atoms with Gasteiger partial charge in [0, 0.05) is 11.6 Å². The topological polar surface area (TPSA) is 61.8 Å². The highest BCUT2D eigenvalue weighted by atomic mass is 16.2. The number of carbonyl (C=O) groups is 2. The number of nitrogens with zero attached hydrogens (tertiary/aromatic N) is 2. The number of hydrogen-bond acceptors (Lipinski definition) is 3. The van der Waals surface area contributed by atoms with E-state index in [-0.39, 0.29) is 24.4 Å². The summed E-state index contributed by atoms with van der Waals surface area (Å²) in [6.07, 6.45) is 0.856. The molecule has 1 atom stereocenters. The minimum Gasteiger partial charge on any atom is -0.352 e. The van der Waals surface area contributed by atoms with E-state index in [0.717, 1.165) is 12.0 Å². The second kappa shape index (κ2) is 6.30. The van der Waals surface area contributed by atoms with Gasteiger partial charge in [-0.15, -0.1) is 0 Å². The molecule has 0 bridgehead atoms. The van der Waals surface area contributed by atoms with Crippen LogP contribution in [-0.4, -0.2) is 40.7 Å². The van der Waals surface area contributed by atoms with E-state index in [1.807, 2.05) is 58.0 Å². The maximum absolute atomic E-state index is 12.6. The summed E-state index contributed by atoms with van der Waals surface area (Å²) in [6.45, 7) is 7.66. The van der Waals surface area contributed by atoms with Crippen molar-refractivity contribution in [2.45, 2.75) is 45.8 Å². The van der Waals surface area contributed by atoms with Crippen LogP contribution >= 0.6 is 0 Å². The molecule has 0 radical (unpaired) electrons. The van der Waals surface area contributed by atoms with Crippen molar-refractivity contribution < 1.29 is 9.59 Å². The maximum Gasteiger partial charge on any atom is 0.275 e. The molecule has 0 aliphatic carbocycles. The lowest BCUT2D eigenvalue weighted by Gasteiger charge is -2.29. The SMILES string of the molecule is CC[C@H](C)NC(=O)CN1C(=O)C(c2ccccc2)=NC1(C)C. The molecule has 0 aromatic heterocycles. The summed E-state index contributed by atoms with van der Waals surface area (Å²) < 4.78 is 0. The summed E-state index contributed by atoms with van der Waals surface area (Å²) in [7, 11) is 0. The molecular weight excluding hydrogens is 278 g/mol. The van der Waals surface area contributed by atoms with Crippen LogP contribution in [0.4, 0.5) is 0 Å². The Kier molecular flexibility index (Phi) is 4.64. The van der Waals surface area contributed by atoms with Crippen molar-refractivity contribution in [3.63, 3.8) is 0 Å². The smallest absolute Gasteiger partial charge is 0.275 e. The fourth-order valence-corrected chi connectivity index (χ4v) is 2.37. The number of nitrogens with one attached hydrogen (secondary N) is 1. The maximum atomic E-state index is 12.6. The van der Waals surface area contributed by atoms with Gasteiger partial charge in [0.25, 0.3) is 5.91 Å². The summed E-state index contributed by atoms with van der Waals surface area (Å²) in [5.74, 6) is -0.351. The minimum absolute atomic E-state index is 0.0238. The summed E-state index contributed by atoms with van der Waals surface area (Å²) in [5, 5.41) is 2.89. The highest BCUT2D eigenvalue weighted by Crippen LogP contribution is 2.25. The molecule has 1 aliphatic heterocycles. The molecule has 2 amide bonds. The third-order valence-corrected chi connectivity index (χ3v) is 3.86. The van der Waals surface area contributed by atoms with Crippen LogP contribution in [0.5, 0.6) is 0 Å². The Morgan fingerprint density at radius 3 is 2.55 bits per heavy atom. The number of amides is 2. The van der Waals surface area contributed by atoms with Gasteiger partial charge in [0.1, 0.15) is 17.9 Å². The lowest BCUT2D eigenvalue weighted by Crippen LogP contribution is -2.49. The van der Waals surface area contributed by atoms with E-state index in [1.54, 1.807) is 0 Å². The first kappa shape index (κ1) is 16.2. The Morgan fingerprint density at radius 2 is 1.95 bits per heavy atom. The van der Waals surface area contributed by atoms with E-state index in [1.165, 1.54) is 4.90 Å². The first-order valence-corrected chi connectivity index (χ1v) is 7.61. The normalized spacial score (nSPS) is 18.1. The predicted molar refractivity (Wildman–Crippen MR) is 86.7 cm³/mol. The second-order valence-corrected chi connectivity index (χ2v) is 6.09. The lowest BCUT2D eigenvalue weighted by molar-refractivity contribution is -0.134. The highest BCUT2D eigenvalue weighted by molar-refractivity contribution is 6.46. The molecule has 0 fully saturated rings. The number of carbonyl (C=O) groups excluding carboxylic acids is 2. The van der Waals surface area contributed by atoms with Gasteiger partial charge in [-0.1, -0.05) is 37.3 Å². The molecule has 118 valence electrons. The summed E-state index contributed by atoms with van der Waals surface area (Å²) in [6, 6.07) is 9.45. The molecule has 5 nitrogen and oxygen atoms in total. The standard InChI is InChI=1S/C17H23N3O2/c1-5-12(2)18-14(21)11-20-16(22)15(19-17(20,3)4)13-9-7-6-8-10-13/h6-10,12H,5,11H2,1-4H3,(H,18,21)/t12-/m0/s1. The average molecular weight is 301 g/mol. The van der Waals surface area contributed by atoms with Crippen LogP contribution in [0, 0.1) is 0 Å². The van der Waals surface area contributed by atoms with Crippen molar-refractivity contribution in [2.75, 3.05) is 6.54 Å². The zero-order valence-electron chi connectivity index (χ0n) is 13.6. The fourth-order valence-electron chi connectivity index (χ4n) is 2.37. The predicted octanol–water partition coefficient (Wildman–Crippen LogP) is 1.97. The molecule has 0 unspecified atom stereocenters. The largest absolute Gasteiger partial charge is 0.352 e. The van der Waals surface area contributed by atoms with E-state index in [2.05, 4.69) is 10.3 Å². The Balaban J connectivity index is 2.15. The molecule has 2 rings (SSSR count). The molecule has 1 heterocycles. The molecule has 1 aliphatic rings. The third-order valence-electron chi connectivity index (χ3n) is 3.86. The van der Waals surface area contributed by atoms with E-state index in [0.29, 0.717) is 5.71 Å². The minimum atomic E-state index is -0.713. The van der Waals surface area contributed by atoms with Crippen LogP contribution in [0.1, 0.15) is 39.7 Å². The van der Waals surface area contributed by atoms with Crippen molar-refractivity contribution in [1.82, 2.24) is 10.2 Å². The lowest BCUT2D eigenvalue weighted by atomic mass is 10.1. The number of benzene rings is 1. The van der Waals surface area contributed by atoms with Gasteiger partial charge >= 0.3 is 0 Å².